The van der Waals surface area contributed by atoms with Crippen molar-refractivity contribution in [2.75, 3.05) is 16.8 Å². The Morgan fingerprint density at radius 2 is 0.771 bits per heavy atom. The van der Waals surface area contributed by atoms with Crippen molar-refractivity contribution in [2.24, 2.45) is 0 Å². The molecule has 232 valence electrons. The Kier molecular flexibility index (Phi) is 7.42. The molecule has 1 aliphatic carbocycles. The highest BCUT2D eigenvalue weighted by Gasteiger charge is 2.35. The van der Waals surface area contributed by atoms with Gasteiger partial charge in [-0.3, -0.25) is 0 Å². The topological polar surface area (TPSA) is 6.48 Å². The molecular formula is C46H38N2. The summed E-state index contributed by atoms with van der Waals surface area (Å²) < 4.78 is 0. The van der Waals surface area contributed by atoms with Gasteiger partial charge in [0.2, 0.25) is 0 Å². The Bertz CT molecular complexity index is 2180. The molecule has 2 heteroatoms. The molecule has 8 rings (SSSR count). The first kappa shape index (κ1) is 29.5. The molecule has 0 aliphatic heterocycles. The molecule has 48 heavy (non-hydrogen) atoms. The number of anilines is 5. The SMILES string of the molecule is CN(c1ccccc1)c1ccc(-c2ccc(N(c3ccc(-c4ccccc4)cc3)c3ccc4c(c3)C(C)(C)c3ccccc3-4)cc2)cc1. The zero-order valence-electron chi connectivity index (χ0n) is 27.6. The predicted octanol–water partition coefficient (Wildman–Crippen LogP) is 12.6. The van der Waals surface area contributed by atoms with Crippen molar-refractivity contribution in [2.45, 2.75) is 19.3 Å². The first-order valence-electron chi connectivity index (χ1n) is 16.7. The molecule has 2 nitrogen and oxygen atoms in total. The van der Waals surface area contributed by atoms with Gasteiger partial charge in [0.05, 0.1) is 0 Å². The summed E-state index contributed by atoms with van der Waals surface area (Å²) in [6.07, 6.45) is 0. The standard InChI is InChI=1S/C46H38N2/c1-46(2)44-17-11-10-16-42(44)43-31-30-41(32-45(43)46)48(39-26-20-34(21-27-39)33-12-6-4-7-13-33)40-28-22-36(23-29-40)35-18-24-38(25-19-35)47(3)37-14-8-5-9-15-37/h4-32H,1-3H3. The monoisotopic (exact) mass is 618 g/mol. The van der Waals surface area contributed by atoms with Crippen LogP contribution in [0.3, 0.4) is 0 Å². The molecule has 0 spiro atoms. The fourth-order valence-electron chi connectivity index (χ4n) is 7.19. The fourth-order valence-corrected chi connectivity index (χ4v) is 7.19. The largest absolute Gasteiger partial charge is 0.345 e. The molecule has 0 atom stereocenters. The van der Waals surface area contributed by atoms with E-state index >= 15 is 0 Å². The summed E-state index contributed by atoms with van der Waals surface area (Å²) in [6.45, 7) is 4.69. The molecule has 1 aliphatic rings. The summed E-state index contributed by atoms with van der Waals surface area (Å²) in [5.74, 6) is 0. The number of fused-ring (bicyclic) bond motifs is 3. The lowest BCUT2D eigenvalue weighted by atomic mass is 9.82. The third-order valence-electron chi connectivity index (χ3n) is 9.91. The number of rotatable bonds is 7. The zero-order chi connectivity index (χ0) is 32.7. The van der Waals surface area contributed by atoms with Crippen molar-refractivity contribution >= 4 is 28.4 Å². The van der Waals surface area contributed by atoms with E-state index in [1.54, 1.807) is 0 Å². The molecule has 0 fully saturated rings. The third kappa shape index (κ3) is 5.26. The molecule has 0 aromatic heterocycles. The molecule has 7 aromatic carbocycles. The van der Waals surface area contributed by atoms with Gasteiger partial charge in [0, 0.05) is 40.9 Å². The van der Waals surface area contributed by atoms with Crippen LogP contribution in [0.1, 0.15) is 25.0 Å². The van der Waals surface area contributed by atoms with Crippen LogP contribution in [0.4, 0.5) is 28.4 Å². The van der Waals surface area contributed by atoms with Gasteiger partial charge in [-0.05, 0) is 105 Å². The minimum Gasteiger partial charge on any atom is -0.345 e. The van der Waals surface area contributed by atoms with Crippen LogP contribution in [-0.4, -0.2) is 7.05 Å². The fraction of sp³-hybridized carbons (Fsp3) is 0.0870. The van der Waals surface area contributed by atoms with Gasteiger partial charge in [-0.1, -0.05) is 129 Å². The first-order valence-corrected chi connectivity index (χ1v) is 16.7. The van der Waals surface area contributed by atoms with Gasteiger partial charge in [0.15, 0.2) is 0 Å². The van der Waals surface area contributed by atoms with E-state index in [1.807, 2.05) is 0 Å². The normalized spacial score (nSPS) is 12.6. The highest BCUT2D eigenvalue weighted by Crippen LogP contribution is 2.50. The molecule has 0 radical (unpaired) electrons. The summed E-state index contributed by atoms with van der Waals surface area (Å²) >= 11 is 0. The Balaban J connectivity index is 1.16. The zero-order valence-corrected chi connectivity index (χ0v) is 27.6. The van der Waals surface area contributed by atoms with Crippen LogP contribution in [0.2, 0.25) is 0 Å². The average Bonchev–Trinajstić information content (AvgIpc) is 3.38. The van der Waals surface area contributed by atoms with Gasteiger partial charge in [-0.2, -0.15) is 0 Å². The maximum Gasteiger partial charge on any atom is 0.0465 e. The predicted molar refractivity (Wildman–Crippen MR) is 204 cm³/mol. The van der Waals surface area contributed by atoms with E-state index in [2.05, 4.69) is 207 Å². The number of hydrogen-bond acceptors (Lipinski definition) is 2. The molecule has 0 saturated carbocycles. The second-order valence-electron chi connectivity index (χ2n) is 13.1. The molecule has 0 unspecified atom stereocenters. The summed E-state index contributed by atoms with van der Waals surface area (Å²) in [4.78, 5) is 4.60. The maximum absolute atomic E-state index is 2.40. The summed E-state index contributed by atoms with van der Waals surface area (Å²) in [5, 5.41) is 0. The van der Waals surface area contributed by atoms with E-state index in [-0.39, 0.29) is 5.41 Å². The molecule has 0 bridgehead atoms. The van der Waals surface area contributed by atoms with Crippen LogP contribution in [-0.2, 0) is 5.41 Å². The lowest BCUT2D eigenvalue weighted by molar-refractivity contribution is 0.660. The van der Waals surface area contributed by atoms with Crippen molar-refractivity contribution in [3.8, 4) is 33.4 Å². The maximum atomic E-state index is 2.40. The minimum atomic E-state index is -0.0740. The summed E-state index contributed by atoms with van der Waals surface area (Å²) in [6, 6.07) is 63.6. The van der Waals surface area contributed by atoms with Crippen LogP contribution >= 0.6 is 0 Å². The molecule has 7 aromatic rings. The van der Waals surface area contributed by atoms with Gasteiger partial charge in [0.25, 0.3) is 0 Å². The van der Waals surface area contributed by atoms with Crippen LogP contribution in [0.25, 0.3) is 33.4 Å². The van der Waals surface area contributed by atoms with E-state index in [4.69, 9.17) is 0 Å². The highest BCUT2D eigenvalue weighted by atomic mass is 15.1. The van der Waals surface area contributed by atoms with Crippen LogP contribution in [0.15, 0.2) is 176 Å². The minimum absolute atomic E-state index is 0.0740. The number of benzene rings is 7. The van der Waals surface area contributed by atoms with Gasteiger partial charge in [0.1, 0.15) is 0 Å². The number of para-hydroxylation sites is 1. The number of hydrogen-bond donors (Lipinski definition) is 0. The van der Waals surface area contributed by atoms with Crippen molar-refractivity contribution in [1.29, 1.82) is 0 Å². The molecular weight excluding hydrogens is 581 g/mol. The first-order chi connectivity index (χ1) is 23.5. The van der Waals surface area contributed by atoms with Crippen LogP contribution in [0, 0.1) is 0 Å². The van der Waals surface area contributed by atoms with E-state index in [1.165, 1.54) is 50.2 Å². The average molecular weight is 619 g/mol. The van der Waals surface area contributed by atoms with Crippen molar-refractivity contribution in [1.82, 2.24) is 0 Å². The highest BCUT2D eigenvalue weighted by molar-refractivity contribution is 5.86. The summed E-state index contributed by atoms with van der Waals surface area (Å²) in [5.41, 5.74) is 15.9. The Hall–Kier alpha value is -5.86. The van der Waals surface area contributed by atoms with Gasteiger partial charge >= 0.3 is 0 Å². The van der Waals surface area contributed by atoms with Crippen LogP contribution in [0.5, 0.6) is 0 Å². The van der Waals surface area contributed by atoms with E-state index in [0.29, 0.717) is 0 Å². The van der Waals surface area contributed by atoms with Crippen molar-refractivity contribution < 1.29 is 0 Å². The van der Waals surface area contributed by atoms with Gasteiger partial charge in [-0.15, -0.1) is 0 Å². The lowest BCUT2D eigenvalue weighted by Crippen LogP contribution is -2.16. The summed E-state index contributed by atoms with van der Waals surface area (Å²) in [7, 11) is 2.11. The van der Waals surface area contributed by atoms with Crippen molar-refractivity contribution in [3.05, 3.63) is 187 Å². The van der Waals surface area contributed by atoms with Gasteiger partial charge < -0.3 is 9.80 Å². The lowest BCUT2D eigenvalue weighted by Gasteiger charge is -2.28. The smallest absolute Gasteiger partial charge is 0.0465 e. The molecule has 0 saturated heterocycles. The quantitative estimate of drug-likeness (QED) is 0.175. The third-order valence-corrected chi connectivity index (χ3v) is 9.91. The Morgan fingerprint density at radius 1 is 0.354 bits per heavy atom. The Morgan fingerprint density at radius 3 is 1.35 bits per heavy atom. The molecule has 0 amide bonds. The Labute approximate surface area is 284 Å². The van der Waals surface area contributed by atoms with E-state index in [0.717, 1.165) is 22.7 Å². The van der Waals surface area contributed by atoms with E-state index in [9.17, 15) is 0 Å². The molecule has 0 N–H and O–H groups in total. The van der Waals surface area contributed by atoms with Gasteiger partial charge in [-0.25, -0.2) is 0 Å². The number of nitrogens with zero attached hydrogens (tertiary/aromatic N) is 2. The second-order valence-corrected chi connectivity index (χ2v) is 13.1. The second kappa shape index (κ2) is 12.1. The van der Waals surface area contributed by atoms with Crippen LogP contribution < -0.4 is 9.80 Å². The molecule has 0 heterocycles. The van der Waals surface area contributed by atoms with Crippen molar-refractivity contribution in [3.63, 3.8) is 0 Å². The van der Waals surface area contributed by atoms with E-state index < -0.39 is 0 Å².